The second-order valence-corrected chi connectivity index (χ2v) is 11.6. The van der Waals surface area contributed by atoms with Gasteiger partial charge in [0.1, 0.15) is 0 Å². The number of benzene rings is 2. The van der Waals surface area contributed by atoms with Crippen molar-refractivity contribution in [2.45, 2.75) is 50.6 Å². The van der Waals surface area contributed by atoms with E-state index in [4.69, 9.17) is 5.73 Å². The highest BCUT2D eigenvalue weighted by molar-refractivity contribution is 7.12. The number of carbonyl (C=O) groups excluding carboxylic acids is 3. The Morgan fingerprint density at radius 3 is 2.45 bits per heavy atom. The van der Waals surface area contributed by atoms with Gasteiger partial charge in [-0.2, -0.15) is 0 Å². The van der Waals surface area contributed by atoms with E-state index in [2.05, 4.69) is 15.5 Å². The Bertz CT molecular complexity index is 1310. The van der Waals surface area contributed by atoms with Gasteiger partial charge in [-0.25, -0.2) is 0 Å². The van der Waals surface area contributed by atoms with Gasteiger partial charge < -0.3 is 26.2 Å². The van der Waals surface area contributed by atoms with Crippen LogP contribution in [0.4, 0.5) is 11.4 Å². The van der Waals surface area contributed by atoms with Crippen LogP contribution in [0.25, 0.3) is 0 Å². The van der Waals surface area contributed by atoms with Crippen molar-refractivity contribution in [2.24, 2.45) is 5.73 Å². The highest BCUT2D eigenvalue weighted by Gasteiger charge is 2.25. The summed E-state index contributed by atoms with van der Waals surface area (Å²) in [6.07, 6.45) is 4.61. The largest absolute Gasteiger partial charge is 0.368 e. The standard InChI is InChI=1S/C31H37N5O3S/c32-24-10-12-25(13-11-24)33-30(38)23-9-14-27(26(21-23)34-29(37)20-22-6-2-1-3-7-22)35-15-5-16-36(18-17-35)31(39)28-8-4-19-40-28/h1-4,6-9,14,19,21,24-25H,5,10-13,15-18,20,32H2,(H,33,38)(H,34,37). The van der Waals surface area contributed by atoms with Crippen LogP contribution in [0, 0.1) is 0 Å². The molecule has 2 fully saturated rings. The number of nitrogens with zero attached hydrogens (tertiary/aromatic N) is 2. The summed E-state index contributed by atoms with van der Waals surface area (Å²) < 4.78 is 0. The van der Waals surface area contributed by atoms with Crippen molar-refractivity contribution in [3.8, 4) is 0 Å². The first kappa shape index (κ1) is 27.9. The average molecular weight is 560 g/mol. The molecule has 4 N–H and O–H groups in total. The molecule has 3 amide bonds. The van der Waals surface area contributed by atoms with E-state index in [-0.39, 0.29) is 36.2 Å². The van der Waals surface area contributed by atoms with E-state index in [0.717, 1.165) is 54.8 Å². The minimum absolute atomic E-state index is 0.0592. The van der Waals surface area contributed by atoms with Gasteiger partial charge in [0, 0.05) is 43.8 Å². The molecule has 40 heavy (non-hydrogen) atoms. The molecule has 0 atom stereocenters. The first-order valence-corrected chi connectivity index (χ1v) is 15.0. The second kappa shape index (κ2) is 13.1. The van der Waals surface area contributed by atoms with Gasteiger partial charge in [-0.05, 0) is 67.3 Å². The van der Waals surface area contributed by atoms with Gasteiger partial charge in [0.15, 0.2) is 0 Å². The Labute approximate surface area is 239 Å². The molecule has 0 spiro atoms. The molecule has 5 rings (SSSR count). The van der Waals surface area contributed by atoms with Gasteiger partial charge in [0.2, 0.25) is 5.91 Å². The lowest BCUT2D eigenvalue weighted by atomic mass is 9.91. The van der Waals surface area contributed by atoms with Crippen molar-refractivity contribution in [3.05, 3.63) is 82.0 Å². The van der Waals surface area contributed by atoms with Crippen LogP contribution in [0.5, 0.6) is 0 Å². The average Bonchev–Trinajstić information content (AvgIpc) is 3.39. The lowest BCUT2D eigenvalue weighted by Gasteiger charge is -2.28. The van der Waals surface area contributed by atoms with E-state index in [0.29, 0.717) is 30.9 Å². The fourth-order valence-corrected chi connectivity index (χ4v) is 6.17. The fourth-order valence-electron chi connectivity index (χ4n) is 5.48. The van der Waals surface area contributed by atoms with E-state index in [1.165, 1.54) is 11.3 Å². The molecular weight excluding hydrogens is 522 g/mol. The van der Waals surface area contributed by atoms with Crippen LogP contribution in [0.1, 0.15) is 57.7 Å². The Morgan fingerprint density at radius 2 is 1.70 bits per heavy atom. The van der Waals surface area contributed by atoms with Crippen LogP contribution in [-0.4, -0.2) is 60.9 Å². The van der Waals surface area contributed by atoms with Gasteiger partial charge in [0.05, 0.1) is 22.7 Å². The minimum Gasteiger partial charge on any atom is -0.368 e. The van der Waals surface area contributed by atoms with Crippen molar-refractivity contribution < 1.29 is 14.4 Å². The molecule has 0 radical (unpaired) electrons. The van der Waals surface area contributed by atoms with Crippen molar-refractivity contribution in [1.29, 1.82) is 0 Å². The molecule has 2 aliphatic rings. The number of hydrogen-bond donors (Lipinski definition) is 3. The summed E-state index contributed by atoms with van der Waals surface area (Å²) in [5.74, 6) is -0.228. The molecule has 210 valence electrons. The number of amides is 3. The van der Waals surface area contributed by atoms with Gasteiger partial charge in [0.25, 0.3) is 11.8 Å². The smallest absolute Gasteiger partial charge is 0.263 e. The van der Waals surface area contributed by atoms with Gasteiger partial charge >= 0.3 is 0 Å². The van der Waals surface area contributed by atoms with Crippen molar-refractivity contribution in [1.82, 2.24) is 10.2 Å². The summed E-state index contributed by atoms with van der Waals surface area (Å²) in [4.78, 5) is 44.1. The fraction of sp³-hybridized carbons (Fsp3) is 0.387. The summed E-state index contributed by atoms with van der Waals surface area (Å²) in [5.41, 5.74) is 8.92. The van der Waals surface area contributed by atoms with Gasteiger partial charge in [-0.1, -0.05) is 36.4 Å². The molecule has 1 saturated carbocycles. The Hall–Kier alpha value is -3.69. The summed E-state index contributed by atoms with van der Waals surface area (Å²) in [7, 11) is 0. The zero-order valence-electron chi connectivity index (χ0n) is 22.7. The van der Waals surface area contributed by atoms with Crippen LogP contribution < -0.4 is 21.3 Å². The number of thiophene rings is 1. The van der Waals surface area contributed by atoms with Crippen molar-refractivity contribution in [2.75, 3.05) is 36.4 Å². The molecule has 0 bridgehead atoms. The van der Waals surface area contributed by atoms with E-state index in [1.807, 2.05) is 64.9 Å². The maximum atomic E-state index is 13.2. The molecule has 2 heterocycles. The van der Waals surface area contributed by atoms with E-state index < -0.39 is 0 Å². The third-order valence-corrected chi connectivity index (χ3v) is 8.56. The second-order valence-electron chi connectivity index (χ2n) is 10.6. The summed E-state index contributed by atoms with van der Waals surface area (Å²) >= 11 is 1.46. The summed E-state index contributed by atoms with van der Waals surface area (Å²) in [5, 5.41) is 8.15. The quantitative estimate of drug-likeness (QED) is 0.401. The predicted molar refractivity (Wildman–Crippen MR) is 160 cm³/mol. The maximum Gasteiger partial charge on any atom is 0.263 e. The summed E-state index contributed by atoms with van der Waals surface area (Å²) in [6, 6.07) is 19.2. The minimum atomic E-state index is -0.144. The number of rotatable bonds is 7. The number of carbonyl (C=O) groups is 3. The van der Waals surface area contributed by atoms with E-state index in [9.17, 15) is 14.4 Å². The molecule has 1 aliphatic carbocycles. The van der Waals surface area contributed by atoms with Gasteiger partial charge in [-0.15, -0.1) is 11.3 Å². The number of hydrogen-bond acceptors (Lipinski definition) is 6. The highest BCUT2D eigenvalue weighted by atomic mass is 32.1. The predicted octanol–water partition coefficient (Wildman–Crippen LogP) is 4.28. The number of nitrogens with one attached hydrogen (secondary N) is 2. The van der Waals surface area contributed by atoms with Crippen LogP contribution >= 0.6 is 11.3 Å². The third-order valence-electron chi connectivity index (χ3n) is 7.70. The SMILES string of the molecule is NC1CCC(NC(=O)c2ccc(N3CCCN(C(=O)c4cccs4)CC3)c(NC(=O)Cc3ccccc3)c2)CC1. The zero-order valence-corrected chi connectivity index (χ0v) is 23.5. The van der Waals surface area contributed by atoms with Crippen molar-refractivity contribution >= 4 is 40.4 Å². The van der Waals surface area contributed by atoms with Gasteiger partial charge in [-0.3, -0.25) is 14.4 Å². The topological polar surface area (TPSA) is 108 Å². The molecule has 0 unspecified atom stereocenters. The van der Waals surface area contributed by atoms with Crippen LogP contribution in [-0.2, 0) is 11.2 Å². The Morgan fingerprint density at radius 1 is 0.900 bits per heavy atom. The molecule has 2 aromatic carbocycles. The Kier molecular flexibility index (Phi) is 9.13. The van der Waals surface area contributed by atoms with Crippen LogP contribution in [0.2, 0.25) is 0 Å². The molecular formula is C31H37N5O3S. The van der Waals surface area contributed by atoms with Crippen molar-refractivity contribution in [3.63, 3.8) is 0 Å². The first-order chi connectivity index (χ1) is 19.5. The van der Waals surface area contributed by atoms with E-state index in [1.54, 1.807) is 6.07 Å². The van der Waals surface area contributed by atoms with Crippen LogP contribution in [0.3, 0.4) is 0 Å². The molecule has 1 aromatic heterocycles. The third kappa shape index (κ3) is 7.08. The molecule has 1 saturated heterocycles. The maximum absolute atomic E-state index is 13.2. The van der Waals surface area contributed by atoms with E-state index >= 15 is 0 Å². The monoisotopic (exact) mass is 559 g/mol. The summed E-state index contributed by atoms with van der Waals surface area (Å²) in [6.45, 7) is 2.63. The molecule has 1 aliphatic heterocycles. The molecule has 3 aromatic rings. The lowest BCUT2D eigenvalue weighted by Crippen LogP contribution is -2.40. The number of nitrogens with two attached hydrogens (primary N) is 1. The lowest BCUT2D eigenvalue weighted by molar-refractivity contribution is -0.115. The molecule has 8 nitrogen and oxygen atoms in total. The first-order valence-electron chi connectivity index (χ1n) is 14.1. The van der Waals surface area contributed by atoms with Crippen LogP contribution in [0.15, 0.2) is 66.0 Å². The highest BCUT2D eigenvalue weighted by Crippen LogP contribution is 2.29. The number of anilines is 2. The normalized spacial score (nSPS) is 19.5. The zero-order chi connectivity index (χ0) is 27.9. The molecule has 9 heteroatoms. The Balaban J connectivity index is 1.33.